The van der Waals surface area contributed by atoms with E-state index < -0.39 is 5.82 Å². The zero-order valence-corrected chi connectivity index (χ0v) is 20.3. The molecule has 1 fully saturated rings. The van der Waals surface area contributed by atoms with Crippen LogP contribution in [0.4, 0.5) is 4.39 Å². The number of aromatic nitrogens is 2. The van der Waals surface area contributed by atoms with Crippen molar-refractivity contribution < 1.29 is 9.18 Å². The highest BCUT2D eigenvalue weighted by Gasteiger charge is 2.25. The summed E-state index contributed by atoms with van der Waals surface area (Å²) in [6, 6.07) is 12.4. The molecule has 6 nitrogen and oxygen atoms in total. The number of rotatable bonds is 5. The van der Waals surface area contributed by atoms with Gasteiger partial charge in [0.2, 0.25) is 0 Å². The van der Waals surface area contributed by atoms with E-state index in [-0.39, 0.29) is 17.0 Å². The Morgan fingerprint density at radius 1 is 1.03 bits per heavy atom. The topological polar surface area (TPSA) is 69.3 Å². The van der Waals surface area contributed by atoms with Gasteiger partial charge in [-0.1, -0.05) is 35.9 Å². The van der Waals surface area contributed by atoms with E-state index in [4.69, 9.17) is 11.6 Å². The number of fused-ring (bicyclic) bond motifs is 1. The zero-order chi connectivity index (χ0) is 24.4. The Morgan fingerprint density at radius 3 is 2.54 bits per heavy atom. The zero-order valence-electron chi connectivity index (χ0n) is 19.5. The van der Waals surface area contributed by atoms with Crippen LogP contribution in [0.1, 0.15) is 51.1 Å². The second-order valence-corrected chi connectivity index (χ2v) is 9.72. The number of aromatic amines is 1. The largest absolute Gasteiger partial charge is 0.336 e. The Hall–Kier alpha value is -3.03. The van der Waals surface area contributed by atoms with Gasteiger partial charge in [-0.25, -0.2) is 9.49 Å². The fraction of sp³-hybridized carbons (Fsp3) is 0.370. The number of carbonyl (C=O) groups excluding carboxylic acids is 1. The van der Waals surface area contributed by atoms with Crippen LogP contribution in [-0.4, -0.2) is 52.1 Å². The minimum Gasteiger partial charge on any atom is -0.336 e. The third kappa shape index (κ3) is 5.16. The molecule has 1 N–H and O–H groups in total. The molecular formula is C27H28ClFN4O2. The van der Waals surface area contributed by atoms with Gasteiger partial charge in [0, 0.05) is 49.7 Å². The Labute approximate surface area is 208 Å². The molecular weight excluding hydrogens is 467 g/mol. The third-order valence-electron chi connectivity index (χ3n) is 7.03. The van der Waals surface area contributed by atoms with E-state index in [0.29, 0.717) is 32.6 Å². The van der Waals surface area contributed by atoms with Crippen molar-refractivity contribution in [2.24, 2.45) is 0 Å². The first kappa shape index (κ1) is 23.7. The molecule has 0 bridgehead atoms. The van der Waals surface area contributed by atoms with E-state index in [9.17, 15) is 14.0 Å². The summed E-state index contributed by atoms with van der Waals surface area (Å²) in [6.45, 7) is 3.18. The van der Waals surface area contributed by atoms with Gasteiger partial charge in [0.05, 0.1) is 11.3 Å². The predicted octanol–water partition coefficient (Wildman–Crippen LogP) is 3.99. The molecule has 1 aliphatic heterocycles. The summed E-state index contributed by atoms with van der Waals surface area (Å²) < 4.78 is 14.7. The number of amides is 1. The third-order valence-corrected chi connectivity index (χ3v) is 7.40. The number of halogens is 2. The molecule has 1 aliphatic carbocycles. The second-order valence-electron chi connectivity index (χ2n) is 9.31. The van der Waals surface area contributed by atoms with Crippen LogP contribution in [0.15, 0.2) is 47.3 Å². The standard InChI is InChI=1S/C27H28ClFN4O2/c28-23-8-4-1-5-19(23)17-32-11-13-33(14-12-32)27(35)22-15-18(9-10-24(22)29)16-25-20-6-2-3-7-21(20)26(34)31-30-25/h1,4-5,8-10,15H,2-3,6-7,11-14,16-17H2,(H,31,34). The molecule has 0 unspecified atom stereocenters. The van der Waals surface area contributed by atoms with Crippen LogP contribution >= 0.6 is 11.6 Å². The van der Waals surface area contributed by atoms with Crippen molar-refractivity contribution >= 4 is 17.5 Å². The van der Waals surface area contributed by atoms with Crippen LogP contribution in [0.3, 0.4) is 0 Å². The van der Waals surface area contributed by atoms with E-state index in [2.05, 4.69) is 15.1 Å². The molecule has 1 amide bonds. The lowest BCUT2D eigenvalue weighted by atomic mass is 9.90. The van der Waals surface area contributed by atoms with E-state index in [1.165, 1.54) is 6.07 Å². The van der Waals surface area contributed by atoms with Crippen molar-refractivity contribution in [3.63, 3.8) is 0 Å². The summed E-state index contributed by atoms with van der Waals surface area (Å²) in [6.07, 6.45) is 4.06. The van der Waals surface area contributed by atoms with Crippen molar-refractivity contribution in [2.45, 2.75) is 38.6 Å². The van der Waals surface area contributed by atoms with E-state index in [1.54, 1.807) is 17.0 Å². The molecule has 2 heterocycles. The van der Waals surface area contributed by atoms with Gasteiger partial charge in [-0.15, -0.1) is 0 Å². The van der Waals surface area contributed by atoms with Gasteiger partial charge < -0.3 is 4.90 Å². The molecule has 2 aliphatic rings. The van der Waals surface area contributed by atoms with Crippen molar-refractivity contribution in [2.75, 3.05) is 26.2 Å². The highest BCUT2D eigenvalue weighted by atomic mass is 35.5. The normalized spacial score (nSPS) is 16.2. The monoisotopic (exact) mass is 494 g/mol. The Morgan fingerprint density at radius 2 is 1.77 bits per heavy atom. The molecule has 35 heavy (non-hydrogen) atoms. The quantitative estimate of drug-likeness (QED) is 0.582. The maximum Gasteiger partial charge on any atom is 0.267 e. The van der Waals surface area contributed by atoms with Crippen molar-refractivity contribution in [3.8, 4) is 0 Å². The number of nitrogens with zero attached hydrogens (tertiary/aromatic N) is 3. The smallest absolute Gasteiger partial charge is 0.267 e. The van der Waals surface area contributed by atoms with Crippen LogP contribution in [-0.2, 0) is 25.8 Å². The van der Waals surface area contributed by atoms with Crippen LogP contribution < -0.4 is 5.56 Å². The fourth-order valence-corrected chi connectivity index (χ4v) is 5.26. The summed E-state index contributed by atoms with van der Waals surface area (Å²) in [4.78, 5) is 29.3. The van der Waals surface area contributed by atoms with Gasteiger partial charge in [-0.05, 0) is 60.6 Å². The Kier molecular flexibility index (Phi) is 6.97. The van der Waals surface area contributed by atoms with Crippen molar-refractivity contribution in [3.05, 3.63) is 97.2 Å². The van der Waals surface area contributed by atoms with Gasteiger partial charge >= 0.3 is 0 Å². The SMILES string of the molecule is O=C(c1cc(Cc2n[nH]c(=O)c3c2CCCC3)ccc1F)N1CCN(Cc2ccccc2Cl)CC1. The summed E-state index contributed by atoms with van der Waals surface area (Å²) in [5, 5.41) is 7.63. The van der Waals surface area contributed by atoms with E-state index in [1.807, 2.05) is 24.3 Å². The molecule has 0 radical (unpaired) electrons. The molecule has 1 saturated heterocycles. The molecule has 8 heteroatoms. The summed E-state index contributed by atoms with van der Waals surface area (Å²) >= 11 is 6.28. The Bertz CT molecular complexity index is 1300. The van der Waals surface area contributed by atoms with Crippen LogP contribution in [0.25, 0.3) is 0 Å². The minimum absolute atomic E-state index is 0.0837. The highest BCUT2D eigenvalue weighted by Crippen LogP contribution is 2.24. The summed E-state index contributed by atoms with van der Waals surface area (Å²) in [7, 11) is 0. The average Bonchev–Trinajstić information content (AvgIpc) is 2.88. The van der Waals surface area contributed by atoms with E-state index >= 15 is 0 Å². The first-order chi connectivity index (χ1) is 17.0. The molecule has 0 atom stereocenters. The average molecular weight is 495 g/mol. The molecule has 182 valence electrons. The molecule has 2 aromatic carbocycles. The Balaban J connectivity index is 1.28. The maximum atomic E-state index is 14.7. The molecule has 1 aromatic heterocycles. The van der Waals surface area contributed by atoms with Gasteiger partial charge in [0.1, 0.15) is 5.82 Å². The van der Waals surface area contributed by atoms with Crippen LogP contribution in [0.2, 0.25) is 5.02 Å². The first-order valence-corrected chi connectivity index (χ1v) is 12.5. The number of nitrogens with one attached hydrogen (secondary N) is 1. The van der Waals surface area contributed by atoms with E-state index in [0.717, 1.165) is 65.2 Å². The predicted molar refractivity (Wildman–Crippen MR) is 133 cm³/mol. The van der Waals surface area contributed by atoms with Gasteiger partial charge in [0.15, 0.2) is 0 Å². The number of hydrogen-bond acceptors (Lipinski definition) is 4. The van der Waals surface area contributed by atoms with Gasteiger partial charge in [-0.3, -0.25) is 14.5 Å². The molecule has 0 saturated carbocycles. The number of hydrogen-bond donors (Lipinski definition) is 1. The number of carbonyl (C=O) groups is 1. The molecule has 0 spiro atoms. The summed E-state index contributed by atoms with van der Waals surface area (Å²) in [5.41, 5.74) is 4.45. The number of piperazine rings is 1. The van der Waals surface area contributed by atoms with Gasteiger partial charge in [0.25, 0.3) is 11.5 Å². The van der Waals surface area contributed by atoms with Crippen LogP contribution in [0, 0.1) is 5.82 Å². The first-order valence-electron chi connectivity index (χ1n) is 12.1. The highest BCUT2D eigenvalue weighted by molar-refractivity contribution is 6.31. The summed E-state index contributed by atoms with van der Waals surface area (Å²) in [5.74, 6) is -0.813. The lowest BCUT2D eigenvalue weighted by Gasteiger charge is -2.35. The maximum absolute atomic E-state index is 14.7. The fourth-order valence-electron chi connectivity index (χ4n) is 5.06. The minimum atomic E-state index is -0.520. The number of benzene rings is 2. The molecule has 5 rings (SSSR count). The number of H-pyrrole nitrogens is 1. The van der Waals surface area contributed by atoms with Crippen molar-refractivity contribution in [1.29, 1.82) is 0 Å². The van der Waals surface area contributed by atoms with Gasteiger partial charge in [-0.2, -0.15) is 5.10 Å². The van der Waals surface area contributed by atoms with Crippen molar-refractivity contribution in [1.82, 2.24) is 20.0 Å². The van der Waals surface area contributed by atoms with Crippen LogP contribution in [0.5, 0.6) is 0 Å². The molecule has 3 aromatic rings. The lowest BCUT2D eigenvalue weighted by Crippen LogP contribution is -2.48. The second kappa shape index (κ2) is 10.3. The lowest BCUT2D eigenvalue weighted by molar-refractivity contribution is 0.0624.